The average Bonchev–Trinajstić information content (AvgIpc) is 2.59. The maximum atomic E-state index is 13.6. The van der Waals surface area contributed by atoms with Crippen molar-refractivity contribution in [2.45, 2.75) is 0 Å². The van der Waals surface area contributed by atoms with Crippen molar-refractivity contribution in [2.24, 2.45) is 0 Å². The van der Waals surface area contributed by atoms with Crippen molar-refractivity contribution in [3.8, 4) is 10.6 Å². The first kappa shape index (κ1) is 11.1. The second-order valence-electron chi connectivity index (χ2n) is 2.58. The second-order valence-corrected chi connectivity index (χ2v) is 5.69. The van der Waals surface area contributed by atoms with Crippen LogP contribution in [0.3, 0.4) is 0 Å². The van der Waals surface area contributed by atoms with Gasteiger partial charge in [-0.1, -0.05) is 11.3 Å². The Kier molecular flexibility index (Phi) is 3.13. The SMILES string of the molecule is Fc1ccc(Br)c(F)c1-c1nnc(Br)s1. The van der Waals surface area contributed by atoms with E-state index in [4.69, 9.17) is 0 Å². The van der Waals surface area contributed by atoms with E-state index >= 15 is 0 Å². The van der Waals surface area contributed by atoms with Crippen molar-refractivity contribution in [3.63, 3.8) is 0 Å². The Hall–Kier alpha value is -0.400. The second kappa shape index (κ2) is 4.23. The summed E-state index contributed by atoms with van der Waals surface area (Å²) in [6, 6.07) is 2.49. The summed E-state index contributed by atoms with van der Waals surface area (Å²) >= 11 is 7.14. The molecule has 0 aliphatic rings. The standard InChI is InChI=1S/C8H2Br2F2N2S/c9-3-1-2-4(11)5(6(3)12)7-13-14-8(10)15-7/h1-2H. The molecule has 0 saturated heterocycles. The first-order valence-corrected chi connectivity index (χ1v) is 6.12. The van der Waals surface area contributed by atoms with Crippen LogP contribution in [0.15, 0.2) is 20.5 Å². The molecule has 0 aliphatic carbocycles. The van der Waals surface area contributed by atoms with Crippen LogP contribution in [-0.2, 0) is 0 Å². The molecule has 2 aromatic rings. The van der Waals surface area contributed by atoms with Gasteiger partial charge in [-0.3, -0.25) is 0 Å². The maximum Gasteiger partial charge on any atom is 0.183 e. The minimum Gasteiger partial charge on any atom is -0.206 e. The van der Waals surface area contributed by atoms with Crippen molar-refractivity contribution < 1.29 is 8.78 Å². The Morgan fingerprint density at radius 2 is 1.87 bits per heavy atom. The van der Waals surface area contributed by atoms with E-state index < -0.39 is 11.6 Å². The van der Waals surface area contributed by atoms with Gasteiger partial charge in [-0.25, -0.2) is 8.78 Å². The molecule has 0 radical (unpaired) electrons. The summed E-state index contributed by atoms with van der Waals surface area (Å²) in [6.07, 6.45) is 0. The largest absolute Gasteiger partial charge is 0.206 e. The Labute approximate surface area is 105 Å². The fourth-order valence-corrected chi connectivity index (χ4v) is 2.51. The lowest BCUT2D eigenvalue weighted by Gasteiger charge is -2.01. The van der Waals surface area contributed by atoms with E-state index in [2.05, 4.69) is 42.1 Å². The van der Waals surface area contributed by atoms with Crippen LogP contribution in [0.4, 0.5) is 8.78 Å². The number of nitrogens with zero attached hydrogens (tertiary/aromatic N) is 2. The van der Waals surface area contributed by atoms with E-state index in [0.29, 0.717) is 3.92 Å². The molecule has 0 spiro atoms. The molecule has 1 aromatic carbocycles. The lowest BCUT2D eigenvalue weighted by Crippen LogP contribution is -1.90. The van der Waals surface area contributed by atoms with Crippen LogP contribution in [0.25, 0.3) is 10.6 Å². The van der Waals surface area contributed by atoms with Gasteiger partial charge in [-0.05, 0) is 44.0 Å². The van der Waals surface area contributed by atoms with Crippen LogP contribution in [0.5, 0.6) is 0 Å². The lowest BCUT2D eigenvalue weighted by molar-refractivity contribution is 0.585. The fraction of sp³-hybridized carbons (Fsp3) is 0. The van der Waals surface area contributed by atoms with Gasteiger partial charge in [0.15, 0.2) is 14.7 Å². The van der Waals surface area contributed by atoms with Gasteiger partial charge in [0.1, 0.15) is 5.82 Å². The minimum atomic E-state index is -0.668. The van der Waals surface area contributed by atoms with Gasteiger partial charge in [0, 0.05) is 0 Å². The van der Waals surface area contributed by atoms with Crippen LogP contribution in [0.1, 0.15) is 0 Å². The zero-order valence-electron chi connectivity index (χ0n) is 6.97. The van der Waals surface area contributed by atoms with Crippen LogP contribution in [0, 0.1) is 11.6 Å². The summed E-state index contributed by atoms with van der Waals surface area (Å²) in [5.41, 5.74) is -0.160. The van der Waals surface area contributed by atoms with Gasteiger partial charge in [0.05, 0.1) is 10.0 Å². The van der Waals surface area contributed by atoms with E-state index in [1.54, 1.807) is 0 Å². The van der Waals surface area contributed by atoms with Gasteiger partial charge in [0.25, 0.3) is 0 Å². The highest BCUT2D eigenvalue weighted by Gasteiger charge is 2.17. The smallest absolute Gasteiger partial charge is 0.183 e. The lowest BCUT2D eigenvalue weighted by atomic mass is 10.2. The van der Waals surface area contributed by atoms with Gasteiger partial charge in [-0.15, -0.1) is 10.2 Å². The summed E-state index contributed by atoms with van der Waals surface area (Å²) in [4.78, 5) is 0. The molecule has 1 aromatic heterocycles. The normalized spacial score (nSPS) is 10.7. The Morgan fingerprint density at radius 1 is 1.13 bits per heavy atom. The molecule has 0 aliphatic heterocycles. The van der Waals surface area contributed by atoms with Crippen molar-refractivity contribution in [2.75, 3.05) is 0 Å². The molecule has 7 heteroatoms. The molecule has 15 heavy (non-hydrogen) atoms. The molecule has 2 nitrogen and oxygen atoms in total. The quantitative estimate of drug-likeness (QED) is 0.722. The molecule has 0 fully saturated rings. The molecular weight excluding hydrogens is 354 g/mol. The monoisotopic (exact) mass is 354 g/mol. The molecule has 2 rings (SSSR count). The Bertz CT molecular complexity index is 515. The third kappa shape index (κ3) is 2.09. The van der Waals surface area contributed by atoms with Crippen molar-refractivity contribution in [3.05, 3.63) is 32.2 Å². The number of aromatic nitrogens is 2. The summed E-state index contributed by atoms with van der Waals surface area (Å²) < 4.78 is 27.7. The van der Waals surface area contributed by atoms with Gasteiger partial charge < -0.3 is 0 Å². The number of halogens is 4. The summed E-state index contributed by atoms with van der Waals surface area (Å²) in [5.74, 6) is -1.32. The molecule has 0 amide bonds. The summed E-state index contributed by atoms with van der Waals surface area (Å²) in [7, 11) is 0. The zero-order chi connectivity index (χ0) is 11.0. The van der Waals surface area contributed by atoms with E-state index in [1.165, 1.54) is 12.1 Å². The maximum absolute atomic E-state index is 13.6. The predicted molar refractivity (Wildman–Crippen MR) is 60.7 cm³/mol. The number of benzene rings is 1. The highest BCUT2D eigenvalue weighted by atomic mass is 79.9. The van der Waals surface area contributed by atoms with E-state index in [-0.39, 0.29) is 15.0 Å². The number of hydrogen-bond acceptors (Lipinski definition) is 3. The topological polar surface area (TPSA) is 25.8 Å². The first-order chi connectivity index (χ1) is 7.09. The van der Waals surface area contributed by atoms with Gasteiger partial charge in [-0.2, -0.15) is 0 Å². The summed E-state index contributed by atoms with van der Waals surface area (Å²) in [5, 5.41) is 7.52. The molecule has 0 saturated carbocycles. The number of hydrogen-bond donors (Lipinski definition) is 0. The Balaban J connectivity index is 2.66. The van der Waals surface area contributed by atoms with Gasteiger partial charge in [0.2, 0.25) is 0 Å². The van der Waals surface area contributed by atoms with Crippen LogP contribution in [0.2, 0.25) is 0 Å². The summed E-state index contributed by atoms with van der Waals surface area (Å²) in [6.45, 7) is 0. The van der Waals surface area contributed by atoms with E-state index in [1.807, 2.05) is 0 Å². The minimum absolute atomic E-state index is 0.160. The molecule has 1 heterocycles. The van der Waals surface area contributed by atoms with Crippen LogP contribution >= 0.6 is 43.2 Å². The third-order valence-corrected chi connectivity index (χ3v) is 3.64. The highest BCUT2D eigenvalue weighted by Crippen LogP contribution is 2.33. The predicted octanol–water partition coefficient (Wildman–Crippen LogP) is 4.01. The number of rotatable bonds is 1. The van der Waals surface area contributed by atoms with Crippen molar-refractivity contribution in [1.29, 1.82) is 0 Å². The van der Waals surface area contributed by atoms with E-state index in [0.717, 1.165) is 11.3 Å². The third-order valence-electron chi connectivity index (χ3n) is 1.66. The van der Waals surface area contributed by atoms with Crippen LogP contribution in [-0.4, -0.2) is 10.2 Å². The molecule has 0 unspecified atom stereocenters. The molecular formula is C8H2Br2F2N2S. The zero-order valence-corrected chi connectivity index (χ0v) is 11.0. The Morgan fingerprint density at radius 3 is 2.47 bits per heavy atom. The molecule has 0 bridgehead atoms. The first-order valence-electron chi connectivity index (χ1n) is 3.72. The van der Waals surface area contributed by atoms with E-state index in [9.17, 15) is 8.78 Å². The van der Waals surface area contributed by atoms with Crippen molar-refractivity contribution >= 4 is 43.2 Å². The molecule has 78 valence electrons. The fourth-order valence-electron chi connectivity index (χ4n) is 1.03. The van der Waals surface area contributed by atoms with Gasteiger partial charge >= 0.3 is 0 Å². The van der Waals surface area contributed by atoms with Crippen molar-refractivity contribution in [1.82, 2.24) is 10.2 Å². The highest BCUT2D eigenvalue weighted by molar-refractivity contribution is 9.11. The van der Waals surface area contributed by atoms with Crippen LogP contribution < -0.4 is 0 Å². The molecule has 0 atom stereocenters. The molecule has 0 N–H and O–H groups in total. The average molecular weight is 356 g/mol.